The van der Waals surface area contributed by atoms with Crippen molar-refractivity contribution in [1.82, 2.24) is 9.78 Å². The van der Waals surface area contributed by atoms with Crippen LogP contribution in [0.3, 0.4) is 0 Å². The van der Waals surface area contributed by atoms with E-state index >= 15 is 0 Å². The van der Waals surface area contributed by atoms with Crippen LogP contribution in [-0.2, 0) is 5.54 Å². The molecular weight excluding hydrogens is 517 g/mol. The van der Waals surface area contributed by atoms with E-state index in [0.717, 1.165) is 3.57 Å². The molecule has 9 heteroatoms. The third-order valence-electron chi connectivity index (χ3n) is 4.16. The van der Waals surface area contributed by atoms with E-state index in [1.165, 1.54) is 17.8 Å². The molecule has 0 spiro atoms. The summed E-state index contributed by atoms with van der Waals surface area (Å²) in [5.41, 5.74) is 0.587. The molecule has 3 aromatic rings. The van der Waals surface area contributed by atoms with Gasteiger partial charge >= 0.3 is 5.97 Å². The Morgan fingerprint density at radius 1 is 1.17 bits per heavy atom. The first-order chi connectivity index (χ1) is 14.1. The highest BCUT2D eigenvalue weighted by molar-refractivity contribution is 14.1. The Bertz CT molecular complexity index is 1120. The van der Waals surface area contributed by atoms with Gasteiger partial charge in [-0.05, 0) is 68.5 Å². The van der Waals surface area contributed by atoms with Crippen LogP contribution in [0.2, 0.25) is 0 Å². The number of nitro benzene ring substituents is 1. The fraction of sp³-hybridized carbons (Fsp3) is 0.238. The first-order valence-corrected chi connectivity index (χ1v) is 11.0. The Morgan fingerprint density at radius 3 is 2.43 bits per heavy atom. The van der Waals surface area contributed by atoms with Crippen LogP contribution in [-0.4, -0.2) is 20.7 Å². The SMILES string of the molecule is Cc1nn(C(C)(C)C)c(OC(=O)c2ccccc2I)c1Sc1ccccc1[N+](=O)[O-]. The third-order valence-corrected chi connectivity index (χ3v) is 6.34. The Labute approximate surface area is 192 Å². The number of hydrogen-bond acceptors (Lipinski definition) is 6. The highest BCUT2D eigenvalue weighted by atomic mass is 127. The number of ether oxygens (including phenoxy) is 1. The van der Waals surface area contributed by atoms with Crippen LogP contribution >= 0.6 is 34.4 Å². The minimum absolute atomic E-state index is 0.0136. The van der Waals surface area contributed by atoms with Crippen molar-refractivity contribution < 1.29 is 14.5 Å². The summed E-state index contributed by atoms with van der Waals surface area (Å²) >= 11 is 3.25. The third kappa shape index (κ3) is 4.67. The van der Waals surface area contributed by atoms with E-state index < -0.39 is 16.4 Å². The van der Waals surface area contributed by atoms with Crippen LogP contribution in [0, 0.1) is 20.6 Å². The van der Waals surface area contributed by atoms with Gasteiger partial charge in [0.15, 0.2) is 0 Å². The van der Waals surface area contributed by atoms with Crippen molar-refractivity contribution in [2.24, 2.45) is 0 Å². The number of rotatable bonds is 5. The topological polar surface area (TPSA) is 87.3 Å². The van der Waals surface area contributed by atoms with Crippen molar-refractivity contribution in [3.8, 4) is 5.88 Å². The van der Waals surface area contributed by atoms with Crippen molar-refractivity contribution in [1.29, 1.82) is 0 Å². The molecule has 0 bridgehead atoms. The van der Waals surface area contributed by atoms with Gasteiger partial charge in [-0.1, -0.05) is 36.0 Å². The van der Waals surface area contributed by atoms with Gasteiger partial charge in [0, 0.05) is 9.64 Å². The van der Waals surface area contributed by atoms with Gasteiger partial charge < -0.3 is 4.74 Å². The van der Waals surface area contributed by atoms with E-state index in [0.29, 0.717) is 21.0 Å². The lowest BCUT2D eigenvalue weighted by atomic mass is 10.1. The second-order valence-electron chi connectivity index (χ2n) is 7.50. The van der Waals surface area contributed by atoms with Crippen molar-refractivity contribution >= 4 is 46.0 Å². The smallest absolute Gasteiger partial charge is 0.345 e. The Morgan fingerprint density at radius 2 is 1.80 bits per heavy atom. The van der Waals surface area contributed by atoms with E-state index in [1.807, 2.05) is 32.9 Å². The molecule has 2 aromatic carbocycles. The zero-order chi connectivity index (χ0) is 22.1. The van der Waals surface area contributed by atoms with E-state index in [9.17, 15) is 14.9 Å². The molecule has 0 atom stereocenters. The Kier molecular flexibility index (Phi) is 6.51. The zero-order valence-electron chi connectivity index (χ0n) is 16.9. The number of nitrogens with zero attached hydrogens (tertiary/aromatic N) is 3. The predicted molar refractivity (Wildman–Crippen MR) is 123 cm³/mol. The van der Waals surface area contributed by atoms with E-state index in [4.69, 9.17) is 4.74 Å². The molecule has 0 N–H and O–H groups in total. The van der Waals surface area contributed by atoms with Crippen LogP contribution in [0.15, 0.2) is 58.3 Å². The quantitative estimate of drug-likeness (QED) is 0.176. The average molecular weight is 537 g/mol. The maximum absolute atomic E-state index is 12.9. The average Bonchev–Trinajstić information content (AvgIpc) is 2.98. The van der Waals surface area contributed by atoms with E-state index in [1.54, 1.807) is 41.9 Å². The molecule has 1 heterocycles. The molecule has 0 saturated heterocycles. The molecule has 7 nitrogen and oxygen atoms in total. The largest absolute Gasteiger partial charge is 0.403 e. The number of esters is 1. The summed E-state index contributed by atoms with van der Waals surface area (Å²) in [6.07, 6.45) is 0. The number of aryl methyl sites for hydroxylation is 1. The first-order valence-electron chi connectivity index (χ1n) is 9.07. The Hall–Kier alpha value is -2.40. The summed E-state index contributed by atoms with van der Waals surface area (Å²) < 4.78 is 8.25. The molecule has 0 unspecified atom stereocenters. The summed E-state index contributed by atoms with van der Waals surface area (Å²) in [5, 5.41) is 16.0. The Balaban J connectivity index is 2.09. The number of benzene rings is 2. The fourth-order valence-corrected chi connectivity index (χ4v) is 4.35. The summed E-state index contributed by atoms with van der Waals surface area (Å²) in [6, 6.07) is 13.6. The number of nitro groups is 1. The van der Waals surface area contributed by atoms with E-state index in [2.05, 4.69) is 27.7 Å². The zero-order valence-corrected chi connectivity index (χ0v) is 19.9. The molecule has 156 valence electrons. The number of carbonyl (C=O) groups excluding carboxylic acids is 1. The second kappa shape index (κ2) is 8.76. The molecule has 30 heavy (non-hydrogen) atoms. The molecule has 0 aliphatic carbocycles. The molecule has 3 rings (SSSR count). The molecule has 1 aromatic heterocycles. The van der Waals surface area contributed by atoms with E-state index in [-0.39, 0.29) is 11.6 Å². The number of halogens is 1. The van der Waals surface area contributed by atoms with Gasteiger partial charge in [0.25, 0.3) is 5.69 Å². The number of hydrogen-bond donors (Lipinski definition) is 0. The predicted octanol–water partition coefficient (Wildman–Crippen LogP) is 5.83. The highest BCUT2D eigenvalue weighted by Crippen LogP contribution is 2.43. The minimum Gasteiger partial charge on any atom is -0.403 e. The van der Waals surface area contributed by atoms with Crippen LogP contribution in [0.4, 0.5) is 5.69 Å². The fourth-order valence-electron chi connectivity index (χ4n) is 2.73. The maximum Gasteiger partial charge on any atom is 0.345 e. The van der Waals surface area contributed by atoms with Gasteiger partial charge in [-0.2, -0.15) is 5.10 Å². The van der Waals surface area contributed by atoms with Crippen LogP contribution in [0.5, 0.6) is 5.88 Å². The number of aromatic nitrogens is 2. The monoisotopic (exact) mass is 537 g/mol. The van der Waals surface area contributed by atoms with Gasteiger partial charge in [0.05, 0.1) is 31.5 Å². The standard InChI is InChI=1S/C21H20IN3O4S/c1-13-18(30-17-12-8-7-11-16(17)25(27)28)19(24(23-13)21(2,3)4)29-20(26)14-9-5-6-10-15(14)22/h5-12H,1-4H3. The van der Waals surface area contributed by atoms with Gasteiger partial charge in [0.2, 0.25) is 5.88 Å². The van der Waals surface area contributed by atoms with Gasteiger partial charge in [-0.3, -0.25) is 10.1 Å². The van der Waals surface area contributed by atoms with Crippen LogP contribution in [0.1, 0.15) is 36.8 Å². The molecule has 0 amide bonds. The molecule has 0 aliphatic rings. The lowest BCUT2D eigenvalue weighted by molar-refractivity contribution is -0.387. The lowest BCUT2D eigenvalue weighted by Crippen LogP contribution is -2.25. The van der Waals surface area contributed by atoms with Gasteiger partial charge in [0.1, 0.15) is 0 Å². The number of para-hydroxylation sites is 1. The van der Waals surface area contributed by atoms with Crippen LogP contribution in [0.25, 0.3) is 0 Å². The molecule has 0 aliphatic heterocycles. The second-order valence-corrected chi connectivity index (χ2v) is 9.71. The number of carbonyl (C=O) groups is 1. The van der Waals surface area contributed by atoms with Crippen molar-refractivity contribution in [3.05, 3.63) is 73.5 Å². The maximum atomic E-state index is 12.9. The summed E-state index contributed by atoms with van der Waals surface area (Å²) in [4.78, 5) is 24.9. The molecular formula is C21H20IN3O4S. The molecule has 0 saturated carbocycles. The summed E-state index contributed by atoms with van der Waals surface area (Å²) in [5.74, 6) is -0.234. The summed E-state index contributed by atoms with van der Waals surface area (Å²) in [7, 11) is 0. The normalized spacial score (nSPS) is 11.4. The minimum atomic E-state index is -0.505. The van der Waals surface area contributed by atoms with Gasteiger partial charge in [-0.25, -0.2) is 9.48 Å². The highest BCUT2D eigenvalue weighted by Gasteiger charge is 2.29. The van der Waals surface area contributed by atoms with Crippen molar-refractivity contribution in [2.45, 2.75) is 43.0 Å². The van der Waals surface area contributed by atoms with Gasteiger partial charge in [-0.15, -0.1) is 0 Å². The lowest BCUT2D eigenvalue weighted by Gasteiger charge is -2.22. The molecule has 0 fully saturated rings. The van der Waals surface area contributed by atoms with Crippen LogP contribution < -0.4 is 4.74 Å². The van der Waals surface area contributed by atoms with Crippen molar-refractivity contribution in [2.75, 3.05) is 0 Å². The summed E-state index contributed by atoms with van der Waals surface area (Å²) in [6.45, 7) is 7.64. The molecule has 0 radical (unpaired) electrons. The first kappa shape index (κ1) is 22.3. The van der Waals surface area contributed by atoms with Crippen molar-refractivity contribution in [3.63, 3.8) is 0 Å².